The first-order valence-electron chi connectivity index (χ1n) is 8.57. The lowest BCUT2D eigenvalue weighted by Gasteiger charge is -2.26. The highest BCUT2D eigenvalue weighted by Gasteiger charge is 2.25. The van der Waals surface area contributed by atoms with Gasteiger partial charge in [0.15, 0.2) is 0 Å². The number of nitrogens with one attached hydrogen (secondary N) is 2. The molecular formula is C21H23FN2. The number of fused-ring (bicyclic) bond motifs is 3. The smallest absolute Gasteiger partial charge is 0.123 e. The van der Waals surface area contributed by atoms with Crippen molar-refractivity contribution in [2.24, 2.45) is 0 Å². The molecule has 2 aromatic carbocycles. The van der Waals surface area contributed by atoms with Gasteiger partial charge in [-0.2, -0.15) is 0 Å². The van der Waals surface area contributed by atoms with E-state index >= 15 is 0 Å². The molecule has 1 unspecified atom stereocenters. The van der Waals surface area contributed by atoms with Crippen molar-refractivity contribution in [1.29, 1.82) is 0 Å². The molecule has 0 saturated heterocycles. The maximum Gasteiger partial charge on any atom is 0.123 e. The van der Waals surface area contributed by atoms with Crippen LogP contribution in [-0.2, 0) is 11.8 Å². The summed E-state index contributed by atoms with van der Waals surface area (Å²) in [5, 5.41) is 4.62. The van der Waals surface area contributed by atoms with Crippen LogP contribution in [0.25, 0.3) is 10.9 Å². The average molecular weight is 322 g/mol. The highest BCUT2D eigenvalue weighted by atomic mass is 19.1. The maximum absolute atomic E-state index is 13.6. The minimum Gasteiger partial charge on any atom is -0.357 e. The molecule has 0 bridgehead atoms. The molecule has 0 aliphatic carbocycles. The highest BCUT2D eigenvalue weighted by Crippen LogP contribution is 2.34. The van der Waals surface area contributed by atoms with Gasteiger partial charge in [0.2, 0.25) is 0 Å². The molecule has 0 fully saturated rings. The van der Waals surface area contributed by atoms with Crippen LogP contribution in [0.4, 0.5) is 4.39 Å². The van der Waals surface area contributed by atoms with Crippen molar-refractivity contribution in [3.8, 4) is 0 Å². The summed E-state index contributed by atoms with van der Waals surface area (Å²) in [5.74, 6) is -0.172. The predicted octanol–water partition coefficient (Wildman–Crippen LogP) is 4.84. The Morgan fingerprint density at radius 3 is 2.50 bits per heavy atom. The third-order valence-corrected chi connectivity index (χ3v) is 5.02. The lowest BCUT2D eigenvalue weighted by Crippen LogP contribution is -2.30. The van der Waals surface area contributed by atoms with E-state index in [1.165, 1.54) is 28.5 Å². The van der Waals surface area contributed by atoms with Gasteiger partial charge in [0.05, 0.1) is 6.04 Å². The number of hydrogen-bond acceptors (Lipinski definition) is 1. The minimum absolute atomic E-state index is 0.137. The zero-order valence-electron chi connectivity index (χ0n) is 14.4. The Hall–Kier alpha value is -2.13. The van der Waals surface area contributed by atoms with Crippen LogP contribution in [0.2, 0.25) is 0 Å². The molecule has 0 amide bonds. The largest absolute Gasteiger partial charge is 0.357 e. The average Bonchev–Trinajstić information content (AvgIpc) is 2.92. The molecule has 3 heteroatoms. The molecule has 0 radical (unpaired) electrons. The van der Waals surface area contributed by atoms with E-state index in [0.717, 1.165) is 23.9 Å². The number of aromatic amines is 1. The van der Waals surface area contributed by atoms with Crippen molar-refractivity contribution < 1.29 is 4.39 Å². The molecule has 24 heavy (non-hydrogen) atoms. The second-order valence-electron chi connectivity index (χ2n) is 7.72. The molecule has 2 heterocycles. The van der Waals surface area contributed by atoms with E-state index in [1.807, 2.05) is 6.07 Å². The zero-order chi connectivity index (χ0) is 16.9. The van der Waals surface area contributed by atoms with Crippen LogP contribution in [0.1, 0.15) is 49.2 Å². The third kappa shape index (κ3) is 2.53. The first-order chi connectivity index (χ1) is 11.4. The highest BCUT2D eigenvalue weighted by molar-refractivity contribution is 5.85. The molecule has 124 valence electrons. The quantitative estimate of drug-likeness (QED) is 0.659. The molecule has 1 aliphatic rings. The van der Waals surface area contributed by atoms with Crippen molar-refractivity contribution in [3.63, 3.8) is 0 Å². The summed E-state index contributed by atoms with van der Waals surface area (Å²) in [5.41, 5.74) is 6.17. The van der Waals surface area contributed by atoms with Crippen LogP contribution in [-0.4, -0.2) is 11.5 Å². The molecule has 1 aliphatic heterocycles. The maximum atomic E-state index is 13.6. The first-order valence-corrected chi connectivity index (χ1v) is 8.57. The number of benzene rings is 2. The number of hydrogen-bond donors (Lipinski definition) is 2. The Kier molecular flexibility index (Phi) is 3.50. The minimum atomic E-state index is -0.172. The summed E-state index contributed by atoms with van der Waals surface area (Å²) < 4.78 is 13.6. The van der Waals surface area contributed by atoms with Gasteiger partial charge in [0.1, 0.15) is 5.82 Å². The SMILES string of the molecule is CC(C)(C)c1ccc(C2NCCc3c2[nH]c2ccc(F)cc32)cc1. The first kappa shape index (κ1) is 15.4. The van der Waals surface area contributed by atoms with E-state index < -0.39 is 0 Å². The fourth-order valence-electron chi connectivity index (χ4n) is 3.66. The van der Waals surface area contributed by atoms with Gasteiger partial charge in [-0.15, -0.1) is 0 Å². The van der Waals surface area contributed by atoms with Crippen LogP contribution >= 0.6 is 0 Å². The molecule has 0 saturated carbocycles. The lowest BCUT2D eigenvalue weighted by atomic mass is 9.85. The molecule has 2 nitrogen and oxygen atoms in total. The summed E-state index contributed by atoms with van der Waals surface area (Å²) in [6, 6.07) is 14.0. The Balaban J connectivity index is 1.78. The molecule has 2 N–H and O–H groups in total. The standard InChI is InChI=1S/C21H23FN2/c1-21(2,3)14-6-4-13(5-7-14)19-20-16(10-11-23-19)17-12-15(22)8-9-18(17)24-20/h4-9,12,19,23-24H,10-11H2,1-3H3. The summed E-state index contributed by atoms with van der Waals surface area (Å²) in [6.45, 7) is 7.59. The van der Waals surface area contributed by atoms with Gasteiger partial charge in [-0.05, 0) is 46.7 Å². The van der Waals surface area contributed by atoms with Gasteiger partial charge < -0.3 is 10.3 Å². The van der Waals surface area contributed by atoms with Gasteiger partial charge in [-0.3, -0.25) is 0 Å². The van der Waals surface area contributed by atoms with E-state index in [-0.39, 0.29) is 17.3 Å². The number of halogens is 1. The molecule has 1 aromatic heterocycles. The zero-order valence-corrected chi connectivity index (χ0v) is 14.4. The Labute approximate surface area is 142 Å². The van der Waals surface area contributed by atoms with Crippen molar-refractivity contribution in [2.45, 2.75) is 38.6 Å². The second-order valence-corrected chi connectivity index (χ2v) is 7.72. The van der Waals surface area contributed by atoms with Crippen LogP contribution in [0, 0.1) is 5.82 Å². The molecular weight excluding hydrogens is 299 g/mol. The number of rotatable bonds is 1. The second kappa shape index (κ2) is 5.45. The van der Waals surface area contributed by atoms with Crippen LogP contribution in [0.15, 0.2) is 42.5 Å². The van der Waals surface area contributed by atoms with E-state index in [1.54, 1.807) is 6.07 Å². The summed E-state index contributed by atoms with van der Waals surface area (Å²) in [4.78, 5) is 3.51. The molecule has 1 atom stereocenters. The van der Waals surface area contributed by atoms with Crippen LogP contribution < -0.4 is 5.32 Å². The van der Waals surface area contributed by atoms with E-state index in [9.17, 15) is 4.39 Å². The molecule has 4 rings (SSSR count). The fraction of sp³-hybridized carbons (Fsp3) is 0.333. The Bertz CT molecular complexity index is 885. The summed E-state index contributed by atoms with van der Waals surface area (Å²) in [6.07, 6.45) is 0.926. The number of H-pyrrole nitrogens is 1. The lowest BCUT2D eigenvalue weighted by molar-refractivity contribution is 0.557. The monoisotopic (exact) mass is 322 g/mol. The van der Waals surface area contributed by atoms with Crippen LogP contribution in [0.5, 0.6) is 0 Å². The molecule has 0 spiro atoms. The van der Waals surface area contributed by atoms with E-state index in [4.69, 9.17) is 0 Å². The fourth-order valence-corrected chi connectivity index (χ4v) is 3.66. The topological polar surface area (TPSA) is 27.8 Å². The predicted molar refractivity (Wildman–Crippen MR) is 96.9 cm³/mol. The number of aromatic nitrogens is 1. The summed E-state index contributed by atoms with van der Waals surface area (Å²) >= 11 is 0. The van der Waals surface area contributed by atoms with Gasteiger partial charge >= 0.3 is 0 Å². The van der Waals surface area contributed by atoms with Gasteiger partial charge in [-0.1, -0.05) is 45.0 Å². The van der Waals surface area contributed by atoms with Gasteiger partial charge in [0.25, 0.3) is 0 Å². The van der Waals surface area contributed by atoms with E-state index in [0.29, 0.717) is 0 Å². The normalized spacial score (nSPS) is 17.9. The van der Waals surface area contributed by atoms with Crippen molar-refractivity contribution in [2.75, 3.05) is 6.54 Å². The Morgan fingerprint density at radius 2 is 1.79 bits per heavy atom. The van der Waals surface area contributed by atoms with Crippen molar-refractivity contribution >= 4 is 10.9 Å². The van der Waals surface area contributed by atoms with Crippen molar-refractivity contribution in [1.82, 2.24) is 10.3 Å². The van der Waals surface area contributed by atoms with Gasteiger partial charge in [0, 0.05) is 23.1 Å². The summed E-state index contributed by atoms with van der Waals surface area (Å²) in [7, 11) is 0. The van der Waals surface area contributed by atoms with E-state index in [2.05, 4.69) is 55.3 Å². The van der Waals surface area contributed by atoms with Crippen molar-refractivity contribution in [3.05, 3.63) is 70.7 Å². The van der Waals surface area contributed by atoms with Gasteiger partial charge in [-0.25, -0.2) is 4.39 Å². The Morgan fingerprint density at radius 1 is 1.04 bits per heavy atom. The third-order valence-electron chi connectivity index (χ3n) is 5.02. The van der Waals surface area contributed by atoms with Crippen LogP contribution in [0.3, 0.4) is 0 Å². The molecule has 3 aromatic rings.